The van der Waals surface area contributed by atoms with Crippen LogP contribution in [0, 0.1) is 0 Å². The first-order valence-corrected chi connectivity index (χ1v) is 7.81. The van der Waals surface area contributed by atoms with Gasteiger partial charge >= 0.3 is 0 Å². The molecule has 4 rings (SSSR count). The predicted molar refractivity (Wildman–Crippen MR) is 98.4 cm³/mol. The quantitative estimate of drug-likeness (QED) is 0.492. The molecule has 2 aromatic carbocycles. The molecule has 4 N–H and O–H groups in total. The van der Waals surface area contributed by atoms with E-state index in [2.05, 4.69) is 20.3 Å². The standard InChI is InChI=1S/C18H14N6O2/c19-16-13-14(23-24(16)12-9-5-2-6-10-12)15(18(26)20-17(13)25)22-21-11-7-3-1-4-8-11/h1-10,26H,19H2,(H,20,25). The molecule has 8 heteroatoms. The molecule has 0 unspecified atom stereocenters. The second-order valence-electron chi connectivity index (χ2n) is 5.54. The van der Waals surface area contributed by atoms with Crippen molar-refractivity contribution in [2.75, 3.05) is 5.73 Å². The van der Waals surface area contributed by atoms with Crippen LogP contribution in [0.5, 0.6) is 5.88 Å². The average molecular weight is 346 g/mol. The summed E-state index contributed by atoms with van der Waals surface area (Å²) >= 11 is 0. The highest BCUT2D eigenvalue weighted by atomic mass is 16.3. The monoisotopic (exact) mass is 346 g/mol. The van der Waals surface area contributed by atoms with E-state index in [1.165, 1.54) is 4.68 Å². The highest BCUT2D eigenvalue weighted by Gasteiger charge is 2.20. The highest BCUT2D eigenvalue weighted by Crippen LogP contribution is 2.34. The van der Waals surface area contributed by atoms with Gasteiger partial charge in [0.05, 0.1) is 11.4 Å². The minimum Gasteiger partial charge on any atom is -0.493 e. The Morgan fingerprint density at radius 1 is 1.00 bits per heavy atom. The number of hydrogen-bond donors (Lipinski definition) is 3. The summed E-state index contributed by atoms with van der Waals surface area (Å²) in [6.45, 7) is 0. The van der Waals surface area contributed by atoms with Gasteiger partial charge in [-0.15, -0.1) is 5.11 Å². The van der Waals surface area contributed by atoms with Crippen molar-refractivity contribution in [2.45, 2.75) is 0 Å². The maximum absolute atomic E-state index is 12.3. The number of fused-ring (bicyclic) bond motifs is 1. The molecule has 2 heterocycles. The van der Waals surface area contributed by atoms with Gasteiger partial charge in [-0.2, -0.15) is 10.2 Å². The van der Waals surface area contributed by atoms with Crippen molar-refractivity contribution in [1.82, 2.24) is 14.8 Å². The molecule has 128 valence electrons. The van der Waals surface area contributed by atoms with Crippen LogP contribution in [0.4, 0.5) is 17.2 Å². The second-order valence-corrected chi connectivity index (χ2v) is 5.54. The van der Waals surface area contributed by atoms with Crippen LogP contribution in [0.25, 0.3) is 16.6 Å². The van der Waals surface area contributed by atoms with E-state index < -0.39 is 11.4 Å². The van der Waals surface area contributed by atoms with E-state index in [0.29, 0.717) is 11.4 Å². The highest BCUT2D eigenvalue weighted by molar-refractivity contribution is 5.97. The van der Waals surface area contributed by atoms with E-state index in [9.17, 15) is 9.90 Å². The molecule has 26 heavy (non-hydrogen) atoms. The van der Waals surface area contributed by atoms with Crippen molar-refractivity contribution >= 4 is 28.1 Å². The van der Waals surface area contributed by atoms with Gasteiger partial charge in [0.25, 0.3) is 5.56 Å². The van der Waals surface area contributed by atoms with Gasteiger partial charge < -0.3 is 10.8 Å². The minimum absolute atomic E-state index is 0.0461. The Morgan fingerprint density at radius 2 is 1.65 bits per heavy atom. The van der Waals surface area contributed by atoms with Crippen LogP contribution in [-0.2, 0) is 0 Å². The summed E-state index contributed by atoms with van der Waals surface area (Å²) < 4.78 is 1.43. The first-order valence-electron chi connectivity index (χ1n) is 7.81. The fourth-order valence-corrected chi connectivity index (χ4v) is 2.63. The number of para-hydroxylation sites is 1. The molecule has 0 aliphatic carbocycles. The first-order chi connectivity index (χ1) is 12.6. The van der Waals surface area contributed by atoms with Gasteiger partial charge in [0.2, 0.25) is 5.88 Å². The number of nitrogen functional groups attached to an aromatic ring is 1. The van der Waals surface area contributed by atoms with Gasteiger partial charge in [-0.05, 0) is 24.3 Å². The van der Waals surface area contributed by atoms with Crippen LogP contribution in [0.3, 0.4) is 0 Å². The van der Waals surface area contributed by atoms with Crippen LogP contribution in [-0.4, -0.2) is 19.9 Å². The topological polar surface area (TPSA) is 122 Å². The lowest BCUT2D eigenvalue weighted by molar-refractivity contribution is 0.454. The van der Waals surface area contributed by atoms with Crippen molar-refractivity contribution in [3.8, 4) is 11.6 Å². The average Bonchev–Trinajstić information content (AvgIpc) is 3.01. The van der Waals surface area contributed by atoms with Crippen molar-refractivity contribution in [2.24, 2.45) is 10.2 Å². The molecule has 0 amide bonds. The Kier molecular flexibility index (Phi) is 3.70. The third-order valence-corrected chi connectivity index (χ3v) is 3.85. The van der Waals surface area contributed by atoms with Crippen molar-refractivity contribution in [3.63, 3.8) is 0 Å². The van der Waals surface area contributed by atoms with Gasteiger partial charge in [-0.3, -0.25) is 9.78 Å². The molecular weight excluding hydrogens is 332 g/mol. The number of nitrogens with one attached hydrogen (secondary N) is 1. The van der Waals surface area contributed by atoms with Crippen LogP contribution >= 0.6 is 0 Å². The Bertz CT molecular complexity index is 1160. The van der Waals surface area contributed by atoms with Gasteiger partial charge in [-0.25, -0.2) is 4.68 Å². The lowest BCUT2D eigenvalue weighted by Gasteiger charge is -2.02. The molecule has 0 aliphatic rings. The van der Waals surface area contributed by atoms with E-state index in [-0.39, 0.29) is 22.4 Å². The third kappa shape index (κ3) is 2.59. The van der Waals surface area contributed by atoms with Crippen molar-refractivity contribution < 1.29 is 5.11 Å². The van der Waals surface area contributed by atoms with Crippen molar-refractivity contribution in [1.29, 1.82) is 0 Å². The summed E-state index contributed by atoms with van der Waals surface area (Å²) in [6.07, 6.45) is 0. The largest absolute Gasteiger partial charge is 0.493 e. The van der Waals surface area contributed by atoms with Gasteiger partial charge in [0.15, 0.2) is 5.69 Å². The molecular formula is C18H14N6O2. The molecule has 4 aromatic rings. The normalized spacial score (nSPS) is 11.4. The molecule has 0 fully saturated rings. The summed E-state index contributed by atoms with van der Waals surface area (Å²) in [5.74, 6) is -0.261. The van der Waals surface area contributed by atoms with E-state index in [0.717, 1.165) is 0 Å². The summed E-state index contributed by atoms with van der Waals surface area (Å²) in [7, 11) is 0. The number of hydrogen-bond acceptors (Lipinski definition) is 6. The fraction of sp³-hybridized carbons (Fsp3) is 0. The molecule has 0 bridgehead atoms. The predicted octanol–water partition coefficient (Wildman–Crippen LogP) is 3.42. The Hall–Kier alpha value is -3.94. The Labute approximate surface area is 147 Å². The Balaban J connectivity index is 1.94. The number of pyridine rings is 1. The number of nitrogens with two attached hydrogens (primary N) is 1. The second kappa shape index (κ2) is 6.17. The summed E-state index contributed by atoms with van der Waals surface area (Å²) in [5, 5.41) is 22.8. The van der Waals surface area contributed by atoms with E-state index in [1.807, 2.05) is 36.4 Å². The summed E-state index contributed by atoms with van der Waals surface area (Å²) in [5.41, 5.74) is 7.08. The molecule has 0 radical (unpaired) electrons. The van der Waals surface area contributed by atoms with Crippen LogP contribution < -0.4 is 11.3 Å². The third-order valence-electron chi connectivity index (χ3n) is 3.85. The van der Waals surface area contributed by atoms with Crippen LogP contribution in [0.15, 0.2) is 75.7 Å². The first kappa shape index (κ1) is 15.6. The molecule has 0 saturated carbocycles. The number of H-pyrrole nitrogens is 1. The number of benzene rings is 2. The van der Waals surface area contributed by atoms with E-state index in [1.54, 1.807) is 24.3 Å². The van der Waals surface area contributed by atoms with Gasteiger partial charge in [0.1, 0.15) is 16.7 Å². The number of anilines is 1. The number of nitrogens with zero attached hydrogens (tertiary/aromatic N) is 4. The summed E-state index contributed by atoms with van der Waals surface area (Å²) in [6, 6.07) is 18.2. The fourth-order valence-electron chi connectivity index (χ4n) is 2.63. The van der Waals surface area contributed by atoms with Crippen molar-refractivity contribution in [3.05, 3.63) is 71.0 Å². The SMILES string of the molecule is Nc1c2c(=O)[nH]c(O)c(N=Nc3ccccc3)c2nn1-c1ccccc1. The lowest BCUT2D eigenvalue weighted by Crippen LogP contribution is -2.07. The number of aromatic amines is 1. The van der Waals surface area contributed by atoms with Gasteiger partial charge in [-0.1, -0.05) is 36.4 Å². The summed E-state index contributed by atoms with van der Waals surface area (Å²) in [4.78, 5) is 14.6. The zero-order valence-electron chi connectivity index (χ0n) is 13.5. The maximum Gasteiger partial charge on any atom is 0.264 e. The van der Waals surface area contributed by atoms with Crippen LogP contribution in [0.1, 0.15) is 0 Å². The maximum atomic E-state index is 12.3. The van der Waals surface area contributed by atoms with Gasteiger partial charge in [0, 0.05) is 0 Å². The number of azo groups is 1. The van der Waals surface area contributed by atoms with E-state index in [4.69, 9.17) is 5.73 Å². The molecule has 0 saturated heterocycles. The number of rotatable bonds is 3. The van der Waals surface area contributed by atoms with E-state index >= 15 is 0 Å². The lowest BCUT2D eigenvalue weighted by atomic mass is 10.2. The zero-order valence-corrected chi connectivity index (χ0v) is 13.5. The van der Waals surface area contributed by atoms with Crippen LogP contribution in [0.2, 0.25) is 0 Å². The number of aromatic hydroxyl groups is 1. The molecule has 2 aromatic heterocycles. The number of aromatic nitrogens is 3. The molecule has 0 aliphatic heterocycles. The molecule has 0 atom stereocenters. The molecule has 0 spiro atoms. The minimum atomic E-state index is -0.546. The zero-order chi connectivity index (χ0) is 18.1. The smallest absolute Gasteiger partial charge is 0.264 e. The Morgan fingerprint density at radius 3 is 2.35 bits per heavy atom. The molecule has 8 nitrogen and oxygen atoms in total.